The highest BCUT2D eigenvalue weighted by Gasteiger charge is 2.07. The Labute approximate surface area is 130 Å². The van der Waals surface area contributed by atoms with Crippen LogP contribution in [0.4, 0.5) is 0 Å². The smallest absolute Gasteiger partial charge is 0.110 e. The number of imidazole rings is 1. The maximum Gasteiger partial charge on any atom is 0.110 e. The van der Waals surface area contributed by atoms with Crippen molar-refractivity contribution in [1.29, 1.82) is 0 Å². The van der Waals surface area contributed by atoms with Crippen LogP contribution in [-0.2, 0) is 6.54 Å². The molecule has 0 saturated carbocycles. The SMILES string of the molecule is Cc1ncc(CNCCSCCCO)n1-c1ccccc1. The van der Waals surface area contributed by atoms with Gasteiger partial charge in [0.05, 0.1) is 11.9 Å². The van der Waals surface area contributed by atoms with Crippen LogP contribution in [-0.4, -0.2) is 39.3 Å². The zero-order valence-corrected chi connectivity index (χ0v) is 13.3. The number of nitrogens with zero attached hydrogens (tertiary/aromatic N) is 2. The van der Waals surface area contributed by atoms with Crippen LogP contribution in [0.1, 0.15) is 17.9 Å². The first-order valence-electron chi connectivity index (χ1n) is 7.31. The lowest BCUT2D eigenvalue weighted by Gasteiger charge is -2.11. The van der Waals surface area contributed by atoms with Gasteiger partial charge in [-0.1, -0.05) is 18.2 Å². The molecule has 0 amide bonds. The molecular weight excluding hydrogens is 282 g/mol. The van der Waals surface area contributed by atoms with E-state index in [1.165, 1.54) is 5.69 Å². The molecule has 0 unspecified atom stereocenters. The van der Waals surface area contributed by atoms with Gasteiger partial charge in [0.25, 0.3) is 0 Å². The van der Waals surface area contributed by atoms with Crippen molar-refractivity contribution in [1.82, 2.24) is 14.9 Å². The fourth-order valence-corrected chi connectivity index (χ4v) is 3.00. The Kier molecular flexibility index (Phi) is 6.79. The van der Waals surface area contributed by atoms with Crippen molar-refractivity contribution in [3.63, 3.8) is 0 Å². The number of nitrogens with one attached hydrogen (secondary N) is 1. The minimum absolute atomic E-state index is 0.288. The van der Waals surface area contributed by atoms with Crippen LogP contribution in [0.2, 0.25) is 0 Å². The van der Waals surface area contributed by atoms with Gasteiger partial charge in [-0.25, -0.2) is 4.98 Å². The van der Waals surface area contributed by atoms with Crippen molar-refractivity contribution < 1.29 is 5.11 Å². The van der Waals surface area contributed by atoms with Crippen LogP contribution in [0.15, 0.2) is 36.5 Å². The van der Waals surface area contributed by atoms with Gasteiger partial charge in [0.1, 0.15) is 5.82 Å². The van der Waals surface area contributed by atoms with Crippen LogP contribution >= 0.6 is 11.8 Å². The molecule has 2 N–H and O–H groups in total. The van der Waals surface area contributed by atoms with Gasteiger partial charge >= 0.3 is 0 Å². The summed E-state index contributed by atoms with van der Waals surface area (Å²) in [4.78, 5) is 4.42. The van der Waals surface area contributed by atoms with Gasteiger partial charge < -0.3 is 10.4 Å². The van der Waals surface area contributed by atoms with Crippen LogP contribution < -0.4 is 5.32 Å². The van der Waals surface area contributed by atoms with Crippen molar-refractivity contribution in [3.8, 4) is 5.69 Å². The Hall–Kier alpha value is -1.30. The third-order valence-electron chi connectivity index (χ3n) is 3.20. The molecule has 0 radical (unpaired) electrons. The zero-order chi connectivity index (χ0) is 14.9. The lowest BCUT2D eigenvalue weighted by molar-refractivity contribution is 0.296. The van der Waals surface area contributed by atoms with Gasteiger partial charge in [-0.15, -0.1) is 0 Å². The van der Waals surface area contributed by atoms with E-state index in [0.717, 1.165) is 42.5 Å². The molecule has 0 fully saturated rings. The lowest BCUT2D eigenvalue weighted by atomic mass is 10.3. The second-order valence-corrected chi connectivity index (χ2v) is 6.06. The maximum atomic E-state index is 8.72. The minimum atomic E-state index is 0.288. The molecule has 0 bridgehead atoms. The van der Waals surface area contributed by atoms with Crippen molar-refractivity contribution in [2.45, 2.75) is 19.9 Å². The minimum Gasteiger partial charge on any atom is -0.396 e. The predicted octanol–water partition coefficient (Wildman–Crippen LogP) is 2.39. The van der Waals surface area contributed by atoms with E-state index in [1.807, 2.05) is 43.1 Å². The van der Waals surface area contributed by atoms with E-state index in [0.29, 0.717) is 0 Å². The summed E-state index contributed by atoms with van der Waals surface area (Å²) in [5.74, 6) is 3.10. The first-order chi connectivity index (χ1) is 10.3. The number of hydrogen-bond acceptors (Lipinski definition) is 4. The monoisotopic (exact) mass is 305 g/mol. The Morgan fingerprint density at radius 1 is 1.24 bits per heavy atom. The van der Waals surface area contributed by atoms with E-state index >= 15 is 0 Å². The van der Waals surface area contributed by atoms with Crippen molar-refractivity contribution in [2.24, 2.45) is 0 Å². The summed E-state index contributed by atoms with van der Waals surface area (Å²) >= 11 is 1.87. The molecule has 2 aromatic rings. The molecule has 2 rings (SSSR count). The highest BCUT2D eigenvalue weighted by atomic mass is 32.2. The van der Waals surface area contributed by atoms with Gasteiger partial charge in [-0.2, -0.15) is 11.8 Å². The van der Waals surface area contributed by atoms with Gasteiger partial charge in [0.2, 0.25) is 0 Å². The number of aryl methyl sites for hydroxylation is 1. The number of thioether (sulfide) groups is 1. The molecule has 1 aromatic heterocycles. The second-order valence-electron chi connectivity index (χ2n) is 4.83. The molecule has 0 aliphatic rings. The van der Waals surface area contributed by atoms with Gasteiger partial charge in [-0.05, 0) is 31.2 Å². The molecule has 1 heterocycles. The van der Waals surface area contributed by atoms with Crippen LogP contribution in [0.5, 0.6) is 0 Å². The fraction of sp³-hybridized carbons (Fsp3) is 0.438. The molecule has 0 spiro atoms. The Morgan fingerprint density at radius 3 is 2.81 bits per heavy atom. The average Bonchev–Trinajstić information content (AvgIpc) is 2.88. The molecule has 0 aliphatic heterocycles. The summed E-state index contributed by atoms with van der Waals surface area (Å²) in [5.41, 5.74) is 2.33. The molecule has 0 saturated heterocycles. The predicted molar refractivity (Wildman–Crippen MR) is 89.0 cm³/mol. The summed E-state index contributed by atoms with van der Waals surface area (Å²) in [6.07, 6.45) is 2.82. The van der Waals surface area contributed by atoms with Crippen LogP contribution in [0.3, 0.4) is 0 Å². The second kappa shape index (κ2) is 8.87. The van der Waals surface area contributed by atoms with E-state index in [1.54, 1.807) is 0 Å². The first kappa shape index (κ1) is 16.1. The molecule has 21 heavy (non-hydrogen) atoms. The number of aliphatic hydroxyl groups excluding tert-OH is 1. The lowest BCUT2D eigenvalue weighted by Crippen LogP contribution is -2.19. The molecule has 4 nitrogen and oxygen atoms in total. The summed E-state index contributed by atoms with van der Waals surface area (Å²) < 4.78 is 2.19. The maximum absolute atomic E-state index is 8.72. The van der Waals surface area contributed by atoms with Crippen molar-refractivity contribution in [3.05, 3.63) is 48.0 Å². The van der Waals surface area contributed by atoms with E-state index in [2.05, 4.69) is 27.0 Å². The van der Waals surface area contributed by atoms with E-state index < -0.39 is 0 Å². The van der Waals surface area contributed by atoms with Gasteiger partial charge in [-0.3, -0.25) is 4.57 Å². The highest BCUT2D eigenvalue weighted by molar-refractivity contribution is 7.99. The Balaban J connectivity index is 1.84. The number of aromatic nitrogens is 2. The third kappa shape index (κ3) is 4.88. The summed E-state index contributed by atoms with van der Waals surface area (Å²) in [5, 5.41) is 12.2. The average molecular weight is 305 g/mol. The Bertz CT molecular complexity index is 528. The zero-order valence-electron chi connectivity index (χ0n) is 12.5. The highest BCUT2D eigenvalue weighted by Crippen LogP contribution is 2.14. The summed E-state index contributed by atoms with van der Waals surface area (Å²) in [6, 6.07) is 10.3. The number of para-hydroxylation sites is 1. The van der Waals surface area contributed by atoms with E-state index in [-0.39, 0.29) is 6.61 Å². The molecule has 0 atom stereocenters. The molecule has 1 aromatic carbocycles. The number of hydrogen-bond donors (Lipinski definition) is 2. The number of aliphatic hydroxyl groups is 1. The molecule has 0 aliphatic carbocycles. The fourth-order valence-electron chi connectivity index (χ4n) is 2.18. The largest absolute Gasteiger partial charge is 0.396 e. The van der Waals surface area contributed by atoms with E-state index in [4.69, 9.17) is 5.11 Å². The number of rotatable bonds is 9. The number of benzene rings is 1. The van der Waals surface area contributed by atoms with Gasteiger partial charge in [0, 0.05) is 31.1 Å². The molecule has 5 heteroatoms. The summed E-state index contributed by atoms with van der Waals surface area (Å²) in [7, 11) is 0. The molecule has 114 valence electrons. The van der Waals surface area contributed by atoms with Crippen LogP contribution in [0.25, 0.3) is 5.69 Å². The molecular formula is C16H23N3OS. The summed E-state index contributed by atoms with van der Waals surface area (Å²) in [6.45, 7) is 4.10. The van der Waals surface area contributed by atoms with Crippen molar-refractivity contribution in [2.75, 3.05) is 24.7 Å². The standard InChI is InChI=1S/C16H23N3OS/c1-14-18-13-16(12-17-8-11-21-10-5-9-20)19(14)15-6-3-2-4-7-15/h2-4,6-7,13,17,20H,5,8-12H2,1H3. The Morgan fingerprint density at radius 2 is 2.05 bits per heavy atom. The van der Waals surface area contributed by atoms with Crippen LogP contribution in [0, 0.1) is 6.92 Å². The van der Waals surface area contributed by atoms with Gasteiger partial charge in [0.15, 0.2) is 0 Å². The normalized spacial score (nSPS) is 11.0. The topological polar surface area (TPSA) is 50.1 Å². The quantitative estimate of drug-likeness (QED) is 0.699. The van der Waals surface area contributed by atoms with E-state index in [9.17, 15) is 0 Å². The first-order valence-corrected chi connectivity index (χ1v) is 8.46. The van der Waals surface area contributed by atoms with Crippen molar-refractivity contribution >= 4 is 11.8 Å². The third-order valence-corrected chi connectivity index (χ3v) is 4.27.